The minimum Gasteiger partial charge on any atom is -0.290 e. The second kappa shape index (κ2) is 3.47. The fourth-order valence-corrected chi connectivity index (χ4v) is 2.63. The van der Waals surface area contributed by atoms with Gasteiger partial charge in [-0.05, 0) is 11.6 Å². The SMILES string of the molecule is C#CCN1CC(=O)N2c3ccccc3C(=C)C12. The quantitative estimate of drug-likeness (QED) is 0.672. The number of benzene rings is 1. The van der Waals surface area contributed by atoms with Gasteiger partial charge in [0.15, 0.2) is 0 Å². The molecule has 2 aliphatic rings. The van der Waals surface area contributed by atoms with Gasteiger partial charge in [0.25, 0.3) is 0 Å². The first-order chi connectivity index (χ1) is 8.24. The molecule has 3 nitrogen and oxygen atoms in total. The van der Waals surface area contributed by atoms with E-state index in [0.717, 1.165) is 16.8 Å². The monoisotopic (exact) mass is 224 g/mol. The molecule has 0 aromatic heterocycles. The molecule has 2 aliphatic heterocycles. The lowest BCUT2D eigenvalue weighted by Gasteiger charge is -2.22. The Labute approximate surface area is 100 Å². The van der Waals surface area contributed by atoms with E-state index in [9.17, 15) is 4.79 Å². The van der Waals surface area contributed by atoms with Crippen LogP contribution in [-0.4, -0.2) is 30.1 Å². The lowest BCUT2D eigenvalue weighted by Crippen LogP contribution is -2.36. The average molecular weight is 224 g/mol. The first-order valence-corrected chi connectivity index (χ1v) is 5.52. The molecule has 1 aromatic carbocycles. The summed E-state index contributed by atoms with van der Waals surface area (Å²) in [5.74, 6) is 2.69. The number of carbonyl (C=O) groups excluding carboxylic acids is 1. The maximum atomic E-state index is 12.0. The molecule has 2 heterocycles. The number of hydrogen-bond donors (Lipinski definition) is 0. The lowest BCUT2D eigenvalue weighted by molar-refractivity contribution is -0.116. The maximum Gasteiger partial charge on any atom is 0.242 e. The molecule has 0 saturated carbocycles. The molecule has 3 rings (SSSR count). The third-order valence-electron chi connectivity index (χ3n) is 3.31. The Morgan fingerprint density at radius 1 is 1.47 bits per heavy atom. The highest BCUT2D eigenvalue weighted by Crippen LogP contribution is 2.43. The number of carbonyl (C=O) groups is 1. The van der Waals surface area contributed by atoms with Gasteiger partial charge in [-0.25, -0.2) is 0 Å². The van der Waals surface area contributed by atoms with Crippen LogP contribution in [0, 0.1) is 12.3 Å². The van der Waals surface area contributed by atoms with Crippen molar-refractivity contribution in [2.75, 3.05) is 18.0 Å². The molecule has 0 bridgehead atoms. The predicted octanol–water partition coefficient (Wildman–Crippen LogP) is 1.32. The Hall–Kier alpha value is -2.05. The summed E-state index contributed by atoms with van der Waals surface area (Å²) in [6.45, 7) is 4.95. The third-order valence-corrected chi connectivity index (χ3v) is 3.31. The van der Waals surface area contributed by atoms with E-state index in [4.69, 9.17) is 6.42 Å². The second-order valence-corrected chi connectivity index (χ2v) is 4.29. The second-order valence-electron chi connectivity index (χ2n) is 4.29. The van der Waals surface area contributed by atoms with Crippen LogP contribution in [0.15, 0.2) is 30.8 Å². The predicted molar refractivity (Wildman–Crippen MR) is 67.2 cm³/mol. The summed E-state index contributed by atoms with van der Waals surface area (Å²) in [6, 6.07) is 7.85. The molecule has 0 N–H and O–H groups in total. The zero-order valence-electron chi connectivity index (χ0n) is 9.39. The van der Waals surface area contributed by atoms with E-state index in [1.807, 2.05) is 29.2 Å². The molecule has 1 unspecified atom stereocenters. The first kappa shape index (κ1) is 10.1. The molecule has 17 heavy (non-hydrogen) atoms. The normalized spacial score (nSPS) is 22.5. The van der Waals surface area contributed by atoms with Crippen molar-refractivity contribution in [2.24, 2.45) is 0 Å². The number of anilines is 1. The van der Waals surface area contributed by atoms with Crippen LogP contribution in [0.1, 0.15) is 5.56 Å². The zero-order chi connectivity index (χ0) is 12.0. The molecule has 1 aromatic rings. The van der Waals surface area contributed by atoms with Gasteiger partial charge in [-0.1, -0.05) is 30.7 Å². The smallest absolute Gasteiger partial charge is 0.242 e. The van der Waals surface area contributed by atoms with Gasteiger partial charge < -0.3 is 0 Å². The van der Waals surface area contributed by atoms with Crippen LogP contribution in [0.5, 0.6) is 0 Å². The third kappa shape index (κ3) is 1.25. The summed E-state index contributed by atoms with van der Waals surface area (Å²) < 4.78 is 0. The zero-order valence-corrected chi connectivity index (χ0v) is 9.39. The molecule has 3 heteroatoms. The van der Waals surface area contributed by atoms with Crippen LogP contribution in [-0.2, 0) is 4.79 Å². The van der Waals surface area contributed by atoms with Crippen LogP contribution in [0.25, 0.3) is 5.57 Å². The Morgan fingerprint density at radius 3 is 3.00 bits per heavy atom. The van der Waals surface area contributed by atoms with Crippen molar-refractivity contribution in [2.45, 2.75) is 6.17 Å². The summed E-state index contributed by atoms with van der Waals surface area (Å²) in [7, 11) is 0. The van der Waals surface area contributed by atoms with E-state index in [1.165, 1.54) is 0 Å². The molecule has 1 saturated heterocycles. The number of rotatable bonds is 1. The van der Waals surface area contributed by atoms with E-state index in [0.29, 0.717) is 13.1 Å². The highest BCUT2D eigenvalue weighted by atomic mass is 16.2. The molecule has 1 fully saturated rings. The van der Waals surface area contributed by atoms with Crippen molar-refractivity contribution >= 4 is 17.2 Å². The van der Waals surface area contributed by atoms with Crippen molar-refractivity contribution in [3.8, 4) is 12.3 Å². The standard InChI is InChI=1S/C14H12N2O/c1-3-8-15-9-13(17)16-12-7-5-4-6-11(12)10(2)14(15)16/h1,4-7,14H,2,8-9H2. The maximum absolute atomic E-state index is 12.0. The van der Waals surface area contributed by atoms with Gasteiger partial charge in [-0.15, -0.1) is 6.42 Å². The van der Waals surface area contributed by atoms with Crippen molar-refractivity contribution in [3.63, 3.8) is 0 Å². The van der Waals surface area contributed by atoms with Gasteiger partial charge in [0.1, 0.15) is 6.17 Å². The van der Waals surface area contributed by atoms with Gasteiger partial charge in [0.05, 0.1) is 18.8 Å². The molecule has 0 radical (unpaired) electrons. The van der Waals surface area contributed by atoms with E-state index in [-0.39, 0.29) is 12.1 Å². The number of nitrogens with zero attached hydrogens (tertiary/aromatic N) is 2. The fraction of sp³-hybridized carbons (Fsp3) is 0.214. The Morgan fingerprint density at radius 2 is 2.24 bits per heavy atom. The molecular formula is C14H12N2O. The minimum atomic E-state index is -0.0871. The van der Waals surface area contributed by atoms with Gasteiger partial charge in [-0.3, -0.25) is 14.6 Å². The van der Waals surface area contributed by atoms with Crippen molar-refractivity contribution in [1.82, 2.24) is 4.90 Å². The molecule has 1 amide bonds. The number of terminal acetylenes is 1. The number of para-hydroxylation sites is 1. The molecule has 1 atom stereocenters. The Kier molecular flexibility index (Phi) is 2.07. The van der Waals surface area contributed by atoms with E-state index in [2.05, 4.69) is 12.5 Å². The summed E-state index contributed by atoms with van der Waals surface area (Å²) in [4.78, 5) is 15.8. The van der Waals surface area contributed by atoms with E-state index < -0.39 is 0 Å². The van der Waals surface area contributed by atoms with Gasteiger partial charge in [0.2, 0.25) is 5.91 Å². The van der Waals surface area contributed by atoms with E-state index >= 15 is 0 Å². The van der Waals surface area contributed by atoms with Gasteiger partial charge >= 0.3 is 0 Å². The van der Waals surface area contributed by atoms with Gasteiger partial charge in [-0.2, -0.15) is 0 Å². The Bertz CT molecular complexity index is 556. The van der Waals surface area contributed by atoms with Crippen LogP contribution in [0.3, 0.4) is 0 Å². The number of hydrogen-bond acceptors (Lipinski definition) is 2. The molecular weight excluding hydrogens is 212 g/mol. The Balaban J connectivity index is 2.09. The molecule has 84 valence electrons. The highest BCUT2D eigenvalue weighted by Gasteiger charge is 2.45. The van der Waals surface area contributed by atoms with Gasteiger partial charge in [0, 0.05) is 5.56 Å². The van der Waals surface area contributed by atoms with Crippen molar-refractivity contribution in [1.29, 1.82) is 0 Å². The van der Waals surface area contributed by atoms with Crippen molar-refractivity contribution < 1.29 is 4.79 Å². The van der Waals surface area contributed by atoms with Crippen LogP contribution in [0.4, 0.5) is 5.69 Å². The number of fused-ring (bicyclic) bond motifs is 3. The fourth-order valence-electron chi connectivity index (χ4n) is 2.63. The van der Waals surface area contributed by atoms with Crippen LogP contribution >= 0.6 is 0 Å². The topological polar surface area (TPSA) is 23.6 Å². The number of amides is 1. The lowest BCUT2D eigenvalue weighted by atomic mass is 10.1. The highest BCUT2D eigenvalue weighted by molar-refractivity contribution is 6.07. The summed E-state index contributed by atoms with van der Waals surface area (Å²) >= 11 is 0. The summed E-state index contributed by atoms with van der Waals surface area (Å²) in [6.07, 6.45) is 5.25. The first-order valence-electron chi connectivity index (χ1n) is 5.52. The average Bonchev–Trinajstić information content (AvgIpc) is 2.80. The van der Waals surface area contributed by atoms with Crippen LogP contribution < -0.4 is 4.90 Å². The van der Waals surface area contributed by atoms with Crippen LogP contribution in [0.2, 0.25) is 0 Å². The molecule has 0 aliphatic carbocycles. The van der Waals surface area contributed by atoms with E-state index in [1.54, 1.807) is 4.90 Å². The van der Waals surface area contributed by atoms with Crippen molar-refractivity contribution in [3.05, 3.63) is 36.4 Å². The minimum absolute atomic E-state index is 0.0871. The summed E-state index contributed by atoms with van der Waals surface area (Å²) in [5, 5.41) is 0. The molecule has 0 spiro atoms. The largest absolute Gasteiger partial charge is 0.290 e. The summed E-state index contributed by atoms with van der Waals surface area (Å²) in [5.41, 5.74) is 2.96.